The lowest BCUT2D eigenvalue weighted by Crippen LogP contribution is -1.91. The highest BCUT2D eigenvalue weighted by molar-refractivity contribution is 5.84. The zero-order chi connectivity index (χ0) is 18.5. The van der Waals surface area contributed by atoms with Crippen LogP contribution in [0.5, 0.6) is 0 Å². The lowest BCUT2D eigenvalue weighted by molar-refractivity contribution is 0.446. The smallest absolute Gasteiger partial charge is 0.194 e. The molecule has 3 heteroatoms. The second kappa shape index (κ2) is 8.10. The average Bonchev–Trinajstić information content (AvgIpc) is 2.64. The highest BCUT2D eigenvalue weighted by Gasteiger charge is 2.09. The Morgan fingerprint density at radius 3 is 2.12 bits per heavy atom. The number of hydrogen-bond acceptors (Lipinski definition) is 0. The van der Waals surface area contributed by atoms with E-state index in [1.54, 1.807) is 0 Å². The standard InChI is InChI=1S/C23H19F3/c1-2-3-4-5-16-8-10-20-13-17(9-11-19(20)12-16)6-7-18-14-21(24)23(26)22(25)15-18/h8-15H,2-5H2,1H3. The van der Waals surface area contributed by atoms with Crippen molar-refractivity contribution in [3.05, 3.63) is 82.7 Å². The topological polar surface area (TPSA) is 0 Å². The molecular formula is C23H19F3. The summed E-state index contributed by atoms with van der Waals surface area (Å²) >= 11 is 0. The minimum Gasteiger partial charge on any atom is -0.204 e. The summed E-state index contributed by atoms with van der Waals surface area (Å²) in [6, 6.07) is 14.0. The molecule has 0 fully saturated rings. The molecule has 0 atom stereocenters. The zero-order valence-electron chi connectivity index (χ0n) is 14.6. The molecule has 0 N–H and O–H groups in total. The molecule has 3 rings (SSSR count). The van der Waals surface area contributed by atoms with Crippen LogP contribution < -0.4 is 0 Å². The van der Waals surface area contributed by atoms with Gasteiger partial charge >= 0.3 is 0 Å². The molecule has 0 aliphatic rings. The van der Waals surface area contributed by atoms with E-state index in [-0.39, 0.29) is 5.56 Å². The molecule has 0 radical (unpaired) electrons. The van der Waals surface area contributed by atoms with Crippen LogP contribution in [0, 0.1) is 29.3 Å². The maximum Gasteiger partial charge on any atom is 0.194 e. The molecule has 0 bridgehead atoms. The number of rotatable bonds is 4. The van der Waals surface area contributed by atoms with Gasteiger partial charge in [0.05, 0.1) is 0 Å². The Morgan fingerprint density at radius 1 is 0.731 bits per heavy atom. The van der Waals surface area contributed by atoms with Crippen molar-refractivity contribution in [3.63, 3.8) is 0 Å². The molecule has 0 aliphatic heterocycles. The second-order valence-electron chi connectivity index (χ2n) is 6.36. The molecule has 0 saturated heterocycles. The predicted molar refractivity (Wildman–Crippen MR) is 99.5 cm³/mol. The third-order valence-corrected chi connectivity index (χ3v) is 4.31. The van der Waals surface area contributed by atoms with E-state index in [9.17, 15) is 13.2 Å². The first-order valence-corrected chi connectivity index (χ1v) is 8.76. The highest BCUT2D eigenvalue weighted by Crippen LogP contribution is 2.19. The Morgan fingerprint density at radius 2 is 1.38 bits per heavy atom. The van der Waals surface area contributed by atoms with Gasteiger partial charge in [-0.1, -0.05) is 55.9 Å². The Hall–Kier alpha value is -2.73. The summed E-state index contributed by atoms with van der Waals surface area (Å²) in [6.07, 6.45) is 4.71. The SMILES string of the molecule is CCCCCc1ccc2cc(C#Cc3cc(F)c(F)c(F)c3)ccc2c1. The van der Waals surface area contributed by atoms with E-state index in [0.29, 0.717) is 0 Å². The summed E-state index contributed by atoms with van der Waals surface area (Å²) in [5.74, 6) is 1.62. The molecule has 0 spiro atoms. The first kappa shape index (κ1) is 18.1. The lowest BCUT2D eigenvalue weighted by atomic mass is 10.0. The van der Waals surface area contributed by atoms with Gasteiger partial charge in [-0.25, -0.2) is 13.2 Å². The van der Waals surface area contributed by atoms with Crippen LogP contribution in [0.15, 0.2) is 48.5 Å². The van der Waals surface area contributed by atoms with Crippen LogP contribution >= 0.6 is 0 Å². The van der Waals surface area contributed by atoms with Gasteiger partial charge < -0.3 is 0 Å². The average molecular weight is 352 g/mol. The molecule has 0 amide bonds. The van der Waals surface area contributed by atoms with Crippen LogP contribution in [0.4, 0.5) is 13.2 Å². The fourth-order valence-electron chi connectivity index (χ4n) is 2.88. The van der Waals surface area contributed by atoms with Crippen molar-refractivity contribution >= 4 is 10.8 Å². The maximum absolute atomic E-state index is 13.2. The monoisotopic (exact) mass is 352 g/mol. The van der Waals surface area contributed by atoms with E-state index in [1.165, 1.54) is 24.8 Å². The summed E-state index contributed by atoms with van der Waals surface area (Å²) in [5, 5.41) is 2.20. The van der Waals surface area contributed by atoms with Crippen LogP contribution in [-0.4, -0.2) is 0 Å². The number of halogens is 3. The number of unbranched alkanes of at least 4 members (excludes halogenated alkanes) is 2. The van der Waals surface area contributed by atoms with Crippen LogP contribution in [0.2, 0.25) is 0 Å². The van der Waals surface area contributed by atoms with Gasteiger partial charge in [0.25, 0.3) is 0 Å². The van der Waals surface area contributed by atoms with Gasteiger partial charge in [0, 0.05) is 11.1 Å². The molecule has 3 aromatic carbocycles. The van der Waals surface area contributed by atoms with E-state index in [0.717, 1.165) is 34.9 Å². The minimum atomic E-state index is -1.48. The molecule has 0 aliphatic carbocycles. The van der Waals surface area contributed by atoms with Gasteiger partial charge in [-0.05, 0) is 53.4 Å². The quantitative estimate of drug-likeness (QED) is 0.290. The van der Waals surface area contributed by atoms with Crippen molar-refractivity contribution in [3.8, 4) is 11.8 Å². The Labute approximate surface area is 151 Å². The molecule has 0 nitrogen and oxygen atoms in total. The summed E-state index contributed by atoms with van der Waals surface area (Å²) < 4.78 is 39.5. The fourth-order valence-corrected chi connectivity index (χ4v) is 2.88. The second-order valence-corrected chi connectivity index (χ2v) is 6.36. The van der Waals surface area contributed by atoms with Crippen molar-refractivity contribution in [1.29, 1.82) is 0 Å². The first-order valence-electron chi connectivity index (χ1n) is 8.76. The maximum atomic E-state index is 13.2. The molecule has 26 heavy (non-hydrogen) atoms. The number of aryl methyl sites for hydroxylation is 1. The van der Waals surface area contributed by atoms with Crippen LogP contribution in [0.3, 0.4) is 0 Å². The first-order chi connectivity index (χ1) is 12.6. The van der Waals surface area contributed by atoms with E-state index < -0.39 is 17.5 Å². The van der Waals surface area contributed by atoms with Crippen LogP contribution in [0.1, 0.15) is 42.9 Å². The summed E-state index contributed by atoms with van der Waals surface area (Å²) in [6.45, 7) is 2.19. The Balaban J connectivity index is 1.83. The molecule has 0 unspecified atom stereocenters. The summed E-state index contributed by atoms with van der Waals surface area (Å²) in [4.78, 5) is 0. The molecular weight excluding hydrogens is 333 g/mol. The van der Waals surface area contributed by atoms with Crippen molar-refractivity contribution in [1.82, 2.24) is 0 Å². The van der Waals surface area contributed by atoms with Gasteiger partial charge in [-0.3, -0.25) is 0 Å². The predicted octanol–water partition coefficient (Wildman–Crippen LogP) is 6.39. The van der Waals surface area contributed by atoms with Crippen LogP contribution in [-0.2, 0) is 6.42 Å². The van der Waals surface area contributed by atoms with Gasteiger partial charge in [-0.15, -0.1) is 0 Å². The third kappa shape index (κ3) is 4.26. The van der Waals surface area contributed by atoms with Crippen molar-refractivity contribution in [2.45, 2.75) is 32.6 Å². The Bertz CT molecular complexity index is 970. The van der Waals surface area contributed by atoms with Gasteiger partial charge in [0.2, 0.25) is 0 Å². The number of fused-ring (bicyclic) bond motifs is 1. The molecule has 0 heterocycles. The van der Waals surface area contributed by atoms with E-state index >= 15 is 0 Å². The normalized spacial score (nSPS) is 10.6. The van der Waals surface area contributed by atoms with Crippen molar-refractivity contribution in [2.75, 3.05) is 0 Å². The van der Waals surface area contributed by atoms with Gasteiger partial charge in [0.1, 0.15) is 0 Å². The molecule has 0 aromatic heterocycles. The Kier molecular flexibility index (Phi) is 5.63. The van der Waals surface area contributed by atoms with E-state index in [2.05, 4.69) is 37.0 Å². The largest absolute Gasteiger partial charge is 0.204 e. The van der Waals surface area contributed by atoms with Crippen molar-refractivity contribution < 1.29 is 13.2 Å². The van der Waals surface area contributed by atoms with Gasteiger partial charge in [-0.2, -0.15) is 0 Å². The molecule has 3 aromatic rings. The van der Waals surface area contributed by atoms with Crippen LogP contribution in [0.25, 0.3) is 10.8 Å². The fraction of sp³-hybridized carbons (Fsp3) is 0.217. The molecule has 0 saturated carbocycles. The summed E-state index contributed by atoms with van der Waals surface area (Å²) in [5.41, 5.74) is 2.16. The summed E-state index contributed by atoms with van der Waals surface area (Å²) in [7, 11) is 0. The number of hydrogen-bond donors (Lipinski definition) is 0. The number of benzene rings is 3. The zero-order valence-corrected chi connectivity index (χ0v) is 14.6. The van der Waals surface area contributed by atoms with Gasteiger partial charge in [0.15, 0.2) is 17.5 Å². The lowest BCUT2D eigenvalue weighted by Gasteiger charge is -2.04. The van der Waals surface area contributed by atoms with E-state index in [1.807, 2.05) is 18.2 Å². The highest BCUT2D eigenvalue weighted by atomic mass is 19.2. The third-order valence-electron chi connectivity index (χ3n) is 4.31. The minimum absolute atomic E-state index is 0.104. The van der Waals surface area contributed by atoms with E-state index in [4.69, 9.17) is 0 Å². The van der Waals surface area contributed by atoms with Crippen molar-refractivity contribution in [2.24, 2.45) is 0 Å². The molecule has 132 valence electrons.